The molecule has 1 saturated heterocycles. The Bertz CT molecular complexity index is 1110. The second-order valence-corrected chi connectivity index (χ2v) is 7.10. The van der Waals surface area contributed by atoms with Gasteiger partial charge in [0.2, 0.25) is 5.43 Å². The van der Waals surface area contributed by atoms with Crippen LogP contribution in [0.5, 0.6) is 5.75 Å². The number of amides is 2. The Morgan fingerprint density at radius 3 is 2.60 bits per heavy atom. The Labute approximate surface area is 167 Å². The van der Waals surface area contributed by atoms with Gasteiger partial charge in [0, 0.05) is 30.4 Å². The highest BCUT2D eigenvalue weighted by atomic mass is 19.1. The summed E-state index contributed by atoms with van der Waals surface area (Å²) in [6.45, 7) is 1.48. The number of nitrogens with one attached hydrogen (secondary N) is 1. The molecule has 8 nitrogen and oxygen atoms in total. The topological polar surface area (TPSA) is 101 Å². The van der Waals surface area contributed by atoms with E-state index < -0.39 is 64.3 Å². The van der Waals surface area contributed by atoms with E-state index in [9.17, 15) is 32.7 Å². The number of carbonyl (C=O) groups excluding carboxylic acids is 2. The van der Waals surface area contributed by atoms with Gasteiger partial charge in [0.25, 0.3) is 11.8 Å². The van der Waals surface area contributed by atoms with Gasteiger partial charge in [-0.05, 0) is 6.92 Å². The summed E-state index contributed by atoms with van der Waals surface area (Å²) in [6, 6.07) is 0.683. The molecular weight excluding hydrogens is 407 g/mol. The molecule has 0 aliphatic carbocycles. The zero-order chi connectivity index (χ0) is 21.7. The maximum Gasteiger partial charge on any atom is 0.276 e. The van der Waals surface area contributed by atoms with E-state index in [1.165, 1.54) is 9.47 Å². The van der Waals surface area contributed by atoms with Gasteiger partial charge in [-0.3, -0.25) is 14.4 Å². The fraction of sp³-hybridized carbons (Fsp3) is 0.316. The van der Waals surface area contributed by atoms with Gasteiger partial charge in [-0.1, -0.05) is 0 Å². The van der Waals surface area contributed by atoms with Crippen LogP contribution in [-0.4, -0.2) is 45.3 Å². The molecule has 11 heteroatoms. The molecule has 2 aliphatic heterocycles. The van der Waals surface area contributed by atoms with E-state index in [1.54, 1.807) is 6.92 Å². The van der Waals surface area contributed by atoms with E-state index in [0.29, 0.717) is 12.1 Å². The van der Waals surface area contributed by atoms with Crippen molar-refractivity contribution in [3.05, 3.63) is 62.8 Å². The van der Waals surface area contributed by atoms with E-state index in [-0.39, 0.29) is 24.9 Å². The molecule has 1 aromatic carbocycles. The summed E-state index contributed by atoms with van der Waals surface area (Å²) in [5, 5.41) is 12.5. The molecule has 4 rings (SSSR count). The molecule has 0 radical (unpaired) electrons. The van der Waals surface area contributed by atoms with Gasteiger partial charge in [0.05, 0.1) is 19.2 Å². The lowest BCUT2D eigenvalue weighted by atomic mass is 10.1. The highest BCUT2D eigenvalue weighted by Gasteiger charge is 2.42. The Hall–Kier alpha value is -3.34. The minimum absolute atomic E-state index is 0.0841. The third-order valence-electron chi connectivity index (χ3n) is 5.14. The fourth-order valence-electron chi connectivity index (χ4n) is 3.64. The van der Waals surface area contributed by atoms with Crippen molar-refractivity contribution in [1.82, 2.24) is 14.8 Å². The predicted molar refractivity (Wildman–Crippen MR) is 95.2 cm³/mol. The largest absolute Gasteiger partial charge is 0.503 e. The second-order valence-electron chi connectivity index (χ2n) is 7.10. The molecule has 2 N–H and O–H groups in total. The fourth-order valence-corrected chi connectivity index (χ4v) is 3.64. The molecule has 0 bridgehead atoms. The molecule has 2 aliphatic rings. The molecule has 0 saturated carbocycles. The van der Waals surface area contributed by atoms with Crippen molar-refractivity contribution in [2.45, 2.75) is 32.3 Å². The van der Waals surface area contributed by atoms with E-state index in [4.69, 9.17) is 4.74 Å². The van der Waals surface area contributed by atoms with Crippen LogP contribution in [0.4, 0.5) is 13.2 Å². The molecule has 1 fully saturated rings. The van der Waals surface area contributed by atoms with Gasteiger partial charge in [-0.15, -0.1) is 0 Å². The number of rotatable bonds is 3. The first kappa shape index (κ1) is 20.0. The molecule has 2 aromatic rings. The molecular formula is C19H16F3N3O5. The molecule has 1 aromatic heterocycles. The molecule has 2 amide bonds. The van der Waals surface area contributed by atoms with Gasteiger partial charge in [0.1, 0.15) is 23.0 Å². The van der Waals surface area contributed by atoms with Crippen molar-refractivity contribution in [3.63, 3.8) is 0 Å². The summed E-state index contributed by atoms with van der Waals surface area (Å²) < 4.78 is 47.2. The second kappa shape index (κ2) is 7.17. The van der Waals surface area contributed by atoms with Gasteiger partial charge >= 0.3 is 0 Å². The highest BCUT2D eigenvalue weighted by molar-refractivity contribution is 5.99. The Balaban J connectivity index is 1.63. The summed E-state index contributed by atoms with van der Waals surface area (Å²) in [4.78, 5) is 39.0. The van der Waals surface area contributed by atoms with E-state index in [0.717, 1.165) is 6.20 Å². The van der Waals surface area contributed by atoms with Gasteiger partial charge < -0.3 is 24.6 Å². The van der Waals surface area contributed by atoms with E-state index in [2.05, 4.69) is 5.32 Å². The van der Waals surface area contributed by atoms with Crippen LogP contribution in [0.2, 0.25) is 0 Å². The van der Waals surface area contributed by atoms with Crippen LogP contribution in [-0.2, 0) is 17.8 Å². The summed E-state index contributed by atoms with van der Waals surface area (Å²) in [7, 11) is 0. The number of ether oxygens (including phenoxy) is 1. The zero-order valence-corrected chi connectivity index (χ0v) is 15.6. The average molecular weight is 423 g/mol. The monoisotopic (exact) mass is 423 g/mol. The van der Waals surface area contributed by atoms with Crippen molar-refractivity contribution >= 4 is 11.8 Å². The molecule has 1 unspecified atom stereocenters. The molecule has 30 heavy (non-hydrogen) atoms. The van der Waals surface area contributed by atoms with Gasteiger partial charge in [-0.2, -0.15) is 0 Å². The minimum Gasteiger partial charge on any atom is -0.503 e. The van der Waals surface area contributed by atoms with Crippen molar-refractivity contribution in [2.75, 3.05) is 6.61 Å². The third-order valence-corrected chi connectivity index (χ3v) is 5.14. The summed E-state index contributed by atoms with van der Waals surface area (Å²) >= 11 is 0. The molecule has 2 atom stereocenters. The molecule has 3 heterocycles. The van der Waals surface area contributed by atoms with Crippen LogP contribution >= 0.6 is 0 Å². The number of hydrogen-bond acceptors (Lipinski definition) is 5. The lowest BCUT2D eigenvalue weighted by Gasteiger charge is -2.33. The summed E-state index contributed by atoms with van der Waals surface area (Å²) in [6.07, 6.45) is 0.478. The molecule has 158 valence electrons. The third kappa shape index (κ3) is 3.11. The van der Waals surface area contributed by atoms with E-state index in [1.807, 2.05) is 0 Å². The predicted octanol–water partition coefficient (Wildman–Crippen LogP) is 1.10. The van der Waals surface area contributed by atoms with Crippen molar-refractivity contribution < 1.29 is 32.6 Å². The standard InChI is InChI=1S/C19H16F3N3O5/c1-8-7-30-14-6-24-5-11(16(26)17(27)15(24)19(29)25(8)14)18(28)23-4-10-12(21)2-9(20)3-13(10)22/h2-3,5,8,14,27H,4,6-7H2,1H3,(H,23,28)/t8-,14?/m0/s1. The smallest absolute Gasteiger partial charge is 0.276 e. The van der Waals surface area contributed by atoms with Crippen LogP contribution < -0.4 is 10.7 Å². The summed E-state index contributed by atoms with van der Waals surface area (Å²) in [5.74, 6) is -6.03. The first-order valence-corrected chi connectivity index (χ1v) is 9.01. The quantitative estimate of drug-likeness (QED) is 0.770. The Kier molecular flexibility index (Phi) is 4.77. The summed E-state index contributed by atoms with van der Waals surface area (Å²) in [5.41, 5.74) is -2.48. The maximum atomic E-state index is 13.7. The average Bonchev–Trinajstić information content (AvgIpc) is 3.04. The van der Waals surface area contributed by atoms with Gasteiger partial charge in [0.15, 0.2) is 17.7 Å². The van der Waals surface area contributed by atoms with E-state index >= 15 is 0 Å². The Morgan fingerprint density at radius 1 is 1.27 bits per heavy atom. The zero-order valence-electron chi connectivity index (χ0n) is 15.6. The van der Waals surface area contributed by atoms with Crippen LogP contribution in [0, 0.1) is 17.5 Å². The number of hydrogen-bond donors (Lipinski definition) is 2. The number of aromatic nitrogens is 1. The number of benzene rings is 1. The normalized spacial score (nSPS) is 20.1. The number of aromatic hydroxyl groups is 1. The van der Waals surface area contributed by atoms with Crippen LogP contribution in [0.15, 0.2) is 23.1 Å². The van der Waals surface area contributed by atoms with Crippen molar-refractivity contribution in [1.29, 1.82) is 0 Å². The van der Waals surface area contributed by atoms with Crippen LogP contribution in [0.1, 0.15) is 33.3 Å². The lowest BCUT2D eigenvalue weighted by Crippen LogP contribution is -2.49. The lowest BCUT2D eigenvalue weighted by molar-refractivity contribution is 0.00624. The first-order chi connectivity index (χ1) is 14.2. The molecule has 0 spiro atoms. The van der Waals surface area contributed by atoms with Crippen molar-refractivity contribution in [2.24, 2.45) is 0 Å². The first-order valence-electron chi connectivity index (χ1n) is 9.01. The highest BCUT2D eigenvalue weighted by Crippen LogP contribution is 2.29. The SMILES string of the molecule is C[C@H]1COC2Cn3cc(C(=O)NCc4c(F)cc(F)cc4F)c(=O)c(O)c3C(=O)N21. The van der Waals surface area contributed by atoms with Crippen LogP contribution in [0.25, 0.3) is 0 Å². The Morgan fingerprint density at radius 2 is 1.93 bits per heavy atom. The maximum absolute atomic E-state index is 13.7. The number of halogens is 3. The number of fused-ring (bicyclic) bond motifs is 2. The number of nitrogens with zero attached hydrogens (tertiary/aromatic N) is 2. The number of pyridine rings is 1. The minimum atomic E-state index is -1.20. The van der Waals surface area contributed by atoms with Crippen molar-refractivity contribution in [3.8, 4) is 5.75 Å². The van der Waals surface area contributed by atoms with Gasteiger partial charge in [-0.25, -0.2) is 13.2 Å². The van der Waals surface area contributed by atoms with Crippen LogP contribution in [0.3, 0.4) is 0 Å². The number of carbonyl (C=O) groups is 2.